The second-order valence-electron chi connectivity index (χ2n) is 4.36. The summed E-state index contributed by atoms with van der Waals surface area (Å²) >= 11 is 5.87. The second kappa shape index (κ2) is 4.47. The first kappa shape index (κ1) is 11.5. The van der Waals surface area contributed by atoms with Crippen LogP contribution in [0.3, 0.4) is 0 Å². The third-order valence-electron chi connectivity index (χ3n) is 2.99. The van der Waals surface area contributed by atoms with Gasteiger partial charge in [-0.3, -0.25) is 0 Å². The van der Waals surface area contributed by atoms with Crippen LogP contribution < -0.4 is 10.6 Å². The molecule has 1 aromatic heterocycles. The minimum atomic E-state index is -0.215. The predicted molar refractivity (Wildman–Crippen MR) is 65.7 cm³/mol. The van der Waals surface area contributed by atoms with Crippen LogP contribution >= 0.6 is 11.6 Å². The zero-order valence-corrected chi connectivity index (χ0v) is 9.98. The lowest BCUT2D eigenvalue weighted by Gasteiger charge is -2.35. The van der Waals surface area contributed by atoms with Crippen molar-refractivity contribution >= 4 is 23.1 Å². The highest BCUT2D eigenvalue weighted by atomic mass is 35.5. The van der Waals surface area contributed by atoms with E-state index < -0.39 is 0 Å². The van der Waals surface area contributed by atoms with Gasteiger partial charge in [0, 0.05) is 24.8 Å². The minimum Gasteiger partial charge on any atom is -0.399 e. The molecule has 0 saturated carbocycles. The maximum Gasteiger partial charge on any atom is 0.133 e. The van der Waals surface area contributed by atoms with Gasteiger partial charge in [-0.2, -0.15) is 0 Å². The number of nitrogen functional groups attached to an aromatic ring is 1. The van der Waals surface area contributed by atoms with Gasteiger partial charge in [-0.05, 0) is 18.4 Å². The molecule has 2 rings (SSSR count). The SMILES string of the molecule is CC1CN(c2cc(N)cc(Cl)n2)CCC1O. The molecule has 2 atom stereocenters. The summed E-state index contributed by atoms with van der Waals surface area (Å²) in [5, 5.41) is 10.1. The zero-order valence-electron chi connectivity index (χ0n) is 9.23. The van der Waals surface area contributed by atoms with Gasteiger partial charge in [0.15, 0.2) is 0 Å². The third kappa shape index (κ3) is 2.39. The van der Waals surface area contributed by atoms with Crippen molar-refractivity contribution in [3.8, 4) is 0 Å². The van der Waals surface area contributed by atoms with Crippen LogP contribution in [-0.4, -0.2) is 29.3 Å². The first-order chi connectivity index (χ1) is 7.56. The van der Waals surface area contributed by atoms with E-state index in [0.29, 0.717) is 10.8 Å². The molecule has 1 fully saturated rings. The van der Waals surface area contributed by atoms with Crippen molar-refractivity contribution in [3.63, 3.8) is 0 Å². The highest BCUT2D eigenvalue weighted by Crippen LogP contribution is 2.24. The van der Waals surface area contributed by atoms with Crippen molar-refractivity contribution in [2.24, 2.45) is 5.92 Å². The summed E-state index contributed by atoms with van der Waals surface area (Å²) in [6, 6.07) is 3.45. The van der Waals surface area contributed by atoms with Crippen LogP contribution in [0.4, 0.5) is 11.5 Å². The van der Waals surface area contributed by atoms with E-state index in [-0.39, 0.29) is 12.0 Å². The van der Waals surface area contributed by atoms with Gasteiger partial charge in [-0.15, -0.1) is 0 Å². The number of hydrogen-bond acceptors (Lipinski definition) is 4. The van der Waals surface area contributed by atoms with E-state index in [4.69, 9.17) is 17.3 Å². The van der Waals surface area contributed by atoms with E-state index in [0.717, 1.165) is 25.3 Å². The van der Waals surface area contributed by atoms with Crippen LogP contribution in [0.5, 0.6) is 0 Å². The van der Waals surface area contributed by atoms with Crippen LogP contribution in [-0.2, 0) is 0 Å². The number of aromatic nitrogens is 1. The molecule has 1 aliphatic heterocycles. The fraction of sp³-hybridized carbons (Fsp3) is 0.545. The van der Waals surface area contributed by atoms with Crippen LogP contribution in [0.2, 0.25) is 5.15 Å². The van der Waals surface area contributed by atoms with Gasteiger partial charge in [0.2, 0.25) is 0 Å². The third-order valence-corrected chi connectivity index (χ3v) is 3.18. The molecule has 1 aromatic rings. The molecule has 0 spiro atoms. The summed E-state index contributed by atoms with van der Waals surface area (Å²) in [6.07, 6.45) is 0.544. The molecule has 5 heteroatoms. The van der Waals surface area contributed by atoms with E-state index in [9.17, 15) is 5.11 Å². The van der Waals surface area contributed by atoms with Gasteiger partial charge >= 0.3 is 0 Å². The Morgan fingerprint density at radius 3 is 2.94 bits per heavy atom. The Balaban J connectivity index is 2.18. The Morgan fingerprint density at radius 1 is 1.56 bits per heavy atom. The molecule has 4 nitrogen and oxygen atoms in total. The standard InChI is InChI=1S/C11H16ClN3O/c1-7-6-15(3-2-9(7)16)11-5-8(13)4-10(12)14-11/h4-5,7,9,16H,2-3,6H2,1H3,(H2,13,14). The van der Waals surface area contributed by atoms with Crippen LogP contribution in [0.1, 0.15) is 13.3 Å². The van der Waals surface area contributed by atoms with Crippen molar-refractivity contribution in [1.82, 2.24) is 4.98 Å². The molecule has 1 saturated heterocycles. The van der Waals surface area contributed by atoms with Crippen molar-refractivity contribution in [3.05, 3.63) is 17.3 Å². The number of pyridine rings is 1. The van der Waals surface area contributed by atoms with Gasteiger partial charge < -0.3 is 15.7 Å². The predicted octanol–water partition coefficient (Wildman–Crippen LogP) is 1.52. The van der Waals surface area contributed by atoms with E-state index in [1.54, 1.807) is 6.07 Å². The molecule has 0 aliphatic carbocycles. The number of aliphatic hydroxyl groups is 1. The number of piperidine rings is 1. The molecule has 1 aliphatic rings. The summed E-state index contributed by atoms with van der Waals surface area (Å²) in [5.41, 5.74) is 6.35. The van der Waals surface area contributed by atoms with Gasteiger partial charge in [0.25, 0.3) is 0 Å². The smallest absolute Gasteiger partial charge is 0.133 e. The molecular formula is C11H16ClN3O. The molecule has 0 aromatic carbocycles. The van der Waals surface area contributed by atoms with Crippen molar-refractivity contribution in [2.45, 2.75) is 19.4 Å². The Morgan fingerprint density at radius 2 is 2.31 bits per heavy atom. The van der Waals surface area contributed by atoms with Crippen molar-refractivity contribution < 1.29 is 5.11 Å². The topological polar surface area (TPSA) is 62.4 Å². The summed E-state index contributed by atoms with van der Waals surface area (Å²) in [6.45, 7) is 3.61. The molecule has 88 valence electrons. The summed E-state index contributed by atoms with van der Waals surface area (Å²) in [4.78, 5) is 6.36. The highest BCUT2D eigenvalue weighted by Gasteiger charge is 2.25. The van der Waals surface area contributed by atoms with Gasteiger partial charge in [0.1, 0.15) is 11.0 Å². The number of rotatable bonds is 1. The lowest BCUT2D eigenvalue weighted by molar-refractivity contribution is 0.0969. The first-order valence-corrected chi connectivity index (χ1v) is 5.80. The zero-order chi connectivity index (χ0) is 11.7. The fourth-order valence-corrected chi connectivity index (χ4v) is 2.22. The van der Waals surface area contributed by atoms with E-state index in [2.05, 4.69) is 9.88 Å². The molecule has 0 bridgehead atoms. The second-order valence-corrected chi connectivity index (χ2v) is 4.75. The van der Waals surface area contributed by atoms with Gasteiger partial charge in [-0.1, -0.05) is 18.5 Å². The number of halogens is 1. The average Bonchev–Trinajstić information content (AvgIpc) is 2.20. The maximum absolute atomic E-state index is 9.65. The lowest BCUT2D eigenvalue weighted by Crippen LogP contribution is -2.42. The molecule has 2 heterocycles. The number of anilines is 2. The van der Waals surface area contributed by atoms with Crippen molar-refractivity contribution in [1.29, 1.82) is 0 Å². The average molecular weight is 242 g/mol. The van der Waals surface area contributed by atoms with Gasteiger partial charge in [0.05, 0.1) is 6.10 Å². The van der Waals surface area contributed by atoms with Gasteiger partial charge in [-0.25, -0.2) is 4.98 Å². The monoisotopic (exact) mass is 241 g/mol. The molecule has 0 amide bonds. The summed E-state index contributed by atoms with van der Waals surface area (Å²) in [7, 11) is 0. The largest absolute Gasteiger partial charge is 0.399 e. The number of nitrogens with two attached hydrogens (primary N) is 1. The Labute approximate surface area is 100 Å². The molecular weight excluding hydrogens is 226 g/mol. The molecule has 16 heavy (non-hydrogen) atoms. The maximum atomic E-state index is 9.65. The van der Waals surface area contributed by atoms with Crippen LogP contribution in [0, 0.1) is 5.92 Å². The lowest BCUT2D eigenvalue weighted by atomic mass is 9.97. The highest BCUT2D eigenvalue weighted by molar-refractivity contribution is 6.29. The van der Waals surface area contributed by atoms with E-state index in [1.807, 2.05) is 13.0 Å². The normalized spacial score (nSPS) is 25.8. The Bertz CT molecular complexity index is 365. The summed E-state index contributed by atoms with van der Waals surface area (Å²) in [5.74, 6) is 1.04. The molecule has 2 unspecified atom stereocenters. The van der Waals surface area contributed by atoms with E-state index in [1.165, 1.54) is 0 Å². The first-order valence-electron chi connectivity index (χ1n) is 5.42. The number of hydrogen-bond donors (Lipinski definition) is 2. The van der Waals surface area contributed by atoms with Crippen LogP contribution in [0.15, 0.2) is 12.1 Å². The Kier molecular flexibility index (Phi) is 3.21. The Hall–Kier alpha value is -1.00. The molecule has 0 radical (unpaired) electrons. The van der Waals surface area contributed by atoms with Crippen molar-refractivity contribution in [2.75, 3.05) is 23.7 Å². The number of nitrogens with zero attached hydrogens (tertiary/aromatic N) is 2. The number of aliphatic hydroxyl groups excluding tert-OH is 1. The van der Waals surface area contributed by atoms with E-state index >= 15 is 0 Å². The molecule has 3 N–H and O–H groups in total. The summed E-state index contributed by atoms with van der Waals surface area (Å²) < 4.78 is 0. The quantitative estimate of drug-likeness (QED) is 0.732. The minimum absolute atomic E-state index is 0.215. The van der Waals surface area contributed by atoms with Crippen LogP contribution in [0.25, 0.3) is 0 Å². The fourth-order valence-electron chi connectivity index (χ4n) is 2.01.